The van der Waals surface area contributed by atoms with Gasteiger partial charge in [-0.05, 0) is 49.1 Å². The molecule has 0 spiro atoms. The lowest BCUT2D eigenvalue weighted by Gasteiger charge is -2.42. The lowest BCUT2D eigenvalue weighted by Crippen LogP contribution is -2.49. The fraction of sp³-hybridized carbons (Fsp3) is 0.471. The minimum absolute atomic E-state index is 0.0461. The van der Waals surface area contributed by atoms with Crippen molar-refractivity contribution in [1.82, 2.24) is 0 Å². The van der Waals surface area contributed by atoms with E-state index in [-0.39, 0.29) is 11.5 Å². The molecule has 1 aromatic carbocycles. The van der Waals surface area contributed by atoms with Crippen LogP contribution >= 0.6 is 0 Å². The van der Waals surface area contributed by atoms with Gasteiger partial charge in [-0.2, -0.15) is 0 Å². The van der Waals surface area contributed by atoms with E-state index in [1.54, 1.807) is 12.1 Å². The first-order valence-electron chi connectivity index (χ1n) is 7.27. The molecule has 1 aliphatic carbocycles. The van der Waals surface area contributed by atoms with E-state index in [1.807, 2.05) is 30.2 Å². The third-order valence-corrected chi connectivity index (χ3v) is 4.62. The molecule has 0 aromatic heterocycles. The van der Waals surface area contributed by atoms with E-state index < -0.39 is 11.7 Å². The number of hydrogen-bond acceptors (Lipinski definition) is 4. The molecular weight excluding hydrogens is 266 g/mol. The largest absolute Gasteiger partial charge is 0.390 e. The van der Waals surface area contributed by atoms with Gasteiger partial charge in [-0.25, -0.2) is 5.06 Å². The molecule has 112 valence electrons. The Balaban J connectivity index is 2.02. The van der Waals surface area contributed by atoms with Crippen molar-refractivity contribution in [2.45, 2.75) is 44.9 Å². The molecule has 0 radical (unpaired) electrons. The van der Waals surface area contributed by atoms with Gasteiger partial charge in [0.1, 0.15) is 11.9 Å². The van der Waals surface area contributed by atoms with Crippen LogP contribution < -0.4 is 5.06 Å². The predicted octanol–water partition coefficient (Wildman–Crippen LogP) is 2.73. The van der Waals surface area contributed by atoms with Gasteiger partial charge in [-0.1, -0.05) is 19.9 Å². The van der Waals surface area contributed by atoms with Gasteiger partial charge in [-0.15, -0.1) is 0 Å². The zero-order valence-electron chi connectivity index (χ0n) is 12.6. The van der Waals surface area contributed by atoms with E-state index in [2.05, 4.69) is 19.9 Å². The lowest BCUT2D eigenvalue weighted by molar-refractivity contribution is -0.0887. The first-order valence-corrected chi connectivity index (χ1v) is 7.27. The molecule has 0 unspecified atom stereocenters. The van der Waals surface area contributed by atoms with Gasteiger partial charge in [-0.3, -0.25) is 9.63 Å². The summed E-state index contributed by atoms with van der Waals surface area (Å²) in [5, 5.41) is 12.3. The Bertz CT molecular complexity index is 578. The third kappa shape index (κ3) is 2.28. The highest BCUT2D eigenvalue weighted by atomic mass is 16.7. The molecule has 0 amide bonds. The molecule has 3 aliphatic rings. The van der Waals surface area contributed by atoms with Gasteiger partial charge in [0.25, 0.3) is 0 Å². The van der Waals surface area contributed by atoms with Crippen LogP contribution in [0.4, 0.5) is 5.69 Å². The number of carbonyl (C=O) groups is 1. The van der Waals surface area contributed by atoms with Crippen LogP contribution in [0, 0.1) is 5.41 Å². The number of hydroxylamine groups is 1. The van der Waals surface area contributed by atoms with Crippen molar-refractivity contribution < 1.29 is 14.7 Å². The minimum atomic E-state index is -0.715. The molecule has 2 aliphatic heterocycles. The second-order valence-corrected chi connectivity index (χ2v) is 6.82. The van der Waals surface area contributed by atoms with Crippen molar-refractivity contribution in [2.24, 2.45) is 5.41 Å². The van der Waals surface area contributed by atoms with Crippen molar-refractivity contribution >= 4 is 12.0 Å². The number of fused-ring (bicyclic) bond motifs is 3. The summed E-state index contributed by atoms with van der Waals surface area (Å²) in [7, 11) is 0. The Morgan fingerprint density at radius 3 is 2.57 bits per heavy atom. The second-order valence-electron chi connectivity index (χ2n) is 6.82. The minimum Gasteiger partial charge on any atom is -0.390 e. The summed E-state index contributed by atoms with van der Waals surface area (Å²) in [5.74, 6) is 0. The van der Waals surface area contributed by atoms with Crippen LogP contribution in [-0.2, 0) is 4.84 Å². The molecule has 1 fully saturated rings. The van der Waals surface area contributed by atoms with Gasteiger partial charge in [0.2, 0.25) is 0 Å². The van der Waals surface area contributed by atoms with Crippen LogP contribution in [0.1, 0.15) is 37.6 Å². The Morgan fingerprint density at radius 1 is 1.29 bits per heavy atom. The molecule has 1 aromatic rings. The lowest BCUT2D eigenvalue weighted by atomic mass is 9.79. The quantitative estimate of drug-likeness (QED) is 0.671. The number of carbonyl (C=O) groups excluding carboxylic acids is 1. The van der Waals surface area contributed by atoms with E-state index in [1.165, 1.54) is 0 Å². The summed E-state index contributed by atoms with van der Waals surface area (Å²) in [4.78, 5) is 16.9. The van der Waals surface area contributed by atoms with E-state index in [0.717, 1.165) is 12.0 Å². The molecule has 2 heterocycles. The molecule has 4 heteroatoms. The fourth-order valence-corrected chi connectivity index (χ4v) is 3.14. The van der Waals surface area contributed by atoms with Crippen LogP contribution in [0.25, 0.3) is 0 Å². The number of aliphatic hydroxyl groups excluding tert-OH is 1. The van der Waals surface area contributed by atoms with Gasteiger partial charge in [0, 0.05) is 5.56 Å². The zero-order valence-corrected chi connectivity index (χ0v) is 12.6. The van der Waals surface area contributed by atoms with Crippen LogP contribution in [0.15, 0.2) is 36.4 Å². The van der Waals surface area contributed by atoms with E-state index in [9.17, 15) is 9.90 Å². The van der Waals surface area contributed by atoms with Crippen LogP contribution in [0.3, 0.4) is 0 Å². The van der Waals surface area contributed by atoms with Crippen LogP contribution in [0.2, 0.25) is 0 Å². The first-order chi connectivity index (χ1) is 9.86. The molecule has 1 saturated heterocycles. The highest BCUT2D eigenvalue weighted by Crippen LogP contribution is 2.45. The van der Waals surface area contributed by atoms with Gasteiger partial charge in [0.05, 0.1) is 17.8 Å². The molecule has 1 N–H and O–H groups in total. The monoisotopic (exact) mass is 287 g/mol. The van der Waals surface area contributed by atoms with E-state index >= 15 is 0 Å². The smallest absolute Gasteiger partial charge is 0.150 e. The number of aldehydes is 1. The average molecular weight is 287 g/mol. The third-order valence-electron chi connectivity index (χ3n) is 4.62. The summed E-state index contributed by atoms with van der Waals surface area (Å²) < 4.78 is 0. The van der Waals surface area contributed by atoms with Crippen LogP contribution in [-0.4, -0.2) is 29.1 Å². The van der Waals surface area contributed by atoms with E-state index in [4.69, 9.17) is 4.84 Å². The van der Waals surface area contributed by atoms with Crippen molar-refractivity contribution in [3.63, 3.8) is 0 Å². The van der Waals surface area contributed by atoms with Crippen molar-refractivity contribution in [3.05, 3.63) is 42.0 Å². The summed E-state index contributed by atoms with van der Waals surface area (Å²) in [6.07, 6.45) is 5.03. The Hall–Kier alpha value is -1.65. The maximum Gasteiger partial charge on any atom is 0.150 e. The Morgan fingerprint density at radius 2 is 1.95 bits per heavy atom. The average Bonchev–Trinajstić information content (AvgIpc) is 2.59. The number of rotatable bonds is 2. The van der Waals surface area contributed by atoms with Crippen molar-refractivity contribution in [2.75, 3.05) is 5.06 Å². The topological polar surface area (TPSA) is 49.8 Å². The van der Waals surface area contributed by atoms with Crippen molar-refractivity contribution in [3.8, 4) is 0 Å². The standard InChI is InChI=1S/C17H21NO3/c1-16(2)10-15(20)17(3)9-8-14(16)18(21-17)13-6-4-12(11-19)5-7-13/h4-9,11,14-15,20H,10H2,1-3H3/t14-,15+,17+/m1/s1. The molecular formula is C17H21NO3. The molecule has 4 nitrogen and oxygen atoms in total. The van der Waals surface area contributed by atoms with E-state index in [0.29, 0.717) is 12.0 Å². The Labute approximate surface area is 125 Å². The highest BCUT2D eigenvalue weighted by Gasteiger charge is 2.50. The fourth-order valence-electron chi connectivity index (χ4n) is 3.14. The van der Waals surface area contributed by atoms with Gasteiger partial charge in [0.15, 0.2) is 0 Å². The molecule has 0 saturated carbocycles. The summed E-state index contributed by atoms with van der Waals surface area (Å²) >= 11 is 0. The van der Waals surface area contributed by atoms with Gasteiger partial charge >= 0.3 is 0 Å². The zero-order chi connectivity index (χ0) is 15.3. The molecule has 4 rings (SSSR count). The molecule has 21 heavy (non-hydrogen) atoms. The normalized spacial score (nSPS) is 33.8. The number of anilines is 1. The number of benzene rings is 1. The maximum atomic E-state index is 10.8. The first kappa shape index (κ1) is 14.3. The number of nitrogens with zero attached hydrogens (tertiary/aromatic N) is 1. The Kier molecular flexibility index (Phi) is 3.19. The van der Waals surface area contributed by atoms with Crippen LogP contribution in [0.5, 0.6) is 0 Å². The maximum absolute atomic E-state index is 10.8. The summed E-state index contributed by atoms with van der Waals surface area (Å²) in [6.45, 7) is 6.18. The predicted molar refractivity (Wildman–Crippen MR) is 81.1 cm³/mol. The molecule has 2 bridgehead atoms. The SMILES string of the molecule is CC1(C)C[C@H](O)[C@]2(C)C=C[C@H]1N(c1ccc(C=O)cc1)O2. The number of aliphatic hydroxyl groups is 1. The van der Waals surface area contributed by atoms with Crippen molar-refractivity contribution in [1.29, 1.82) is 0 Å². The molecule has 3 atom stereocenters. The summed E-state index contributed by atoms with van der Waals surface area (Å²) in [6, 6.07) is 7.36. The number of hydrogen-bond donors (Lipinski definition) is 1. The summed E-state index contributed by atoms with van der Waals surface area (Å²) in [5.41, 5.74) is 0.698. The second kappa shape index (κ2) is 4.68. The van der Waals surface area contributed by atoms with Gasteiger partial charge < -0.3 is 5.11 Å². The highest BCUT2D eigenvalue weighted by molar-refractivity contribution is 5.75.